The van der Waals surface area contributed by atoms with Crippen molar-refractivity contribution in [1.29, 1.82) is 0 Å². The van der Waals surface area contributed by atoms with E-state index in [1.54, 1.807) is 6.20 Å². The topological polar surface area (TPSA) is 93.8 Å². The molecule has 7 heteroatoms. The maximum absolute atomic E-state index is 12.9. The molecule has 0 bridgehead atoms. The highest BCUT2D eigenvalue weighted by molar-refractivity contribution is 6.41. The number of hydrogen-bond donors (Lipinski definition) is 2. The van der Waals surface area contributed by atoms with Crippen molar-refractivity contribution in [3.05, 3.63) is 53.9 Å². The van der Waals surface area contributed by atoms with Crippen LogP contribution in [0.2, 0.25) is 0 Å². The lowest BCUT2D eigenvalue weighted by atomic mass is 9.88. The summed E-state index contributed by atoms with van der Waals surface area (Å²) in [6.45, 7) is 2.81. The summed E-state index contributed by atoms with van der Waals surface area (Å²) in [6.07, 6.45) is 17.8. The van der Waals surface area contributed by atoms with E-state index < -0.39 is 0 Å². The highest BCUT2D eigenvalue weighted by atomic mass is 16.1. The first-order chi connectivity index (χ1) is 17.1. The second-order valence-corrected chi connectivity index (χ2v) is 9.72. The van der Waals surface area contributed by atoms with E-state index in [4.69, 9.17) is 18.6 Å². The average molecular weight is 473 g/mol. The van der Waals surface area contributed by atoms with Crippen molar-refractivity contribution in [2.24, 2.45) is 11.7 Å². The van der Waals surface area contributed by atoms with E-state index in [2.05, 4.69) is 22.2 Å². The molecule has 0 spiro atoms. The fourth-order valence-corrected chi connectivity index (χ4v) is 4.88. The Balaban J connectivity index is 1.71. The number of anilines is 1. The Hall–Kier alpha value is -2.70. The van der Waals surface area contributed by atoms with Gasteiger partial charge in [-0.25, -0.2) is 9.97 Å². The van der Waals surface area contributed by atoms with Crippen LogP contribution in [0.4, 0.5) is 5.82 Å². The summed E-state index contributed by atoms with van der Waals surface area (Å²) in [5.74, 6) is 2.14. The predicted molar refractivity (Wildman–Crippen MR) is 144 cm³/mol. The second kappa shape index (κ2) is 14.6. The van der Waals surface area contributed by atoms with Crippen LogP contribution < -0.4 is 11.1 Å². The van der Waals surface area contributed by atoms with Crippen LogP contribution in [0.1, 0.15) is 107 Å². The van der Waals surface area contributed by atoms with E-state index in [-0.39, 0.29) is 11.8 Å². The predicted octanol–water partition coefficient (Wildman–Crippen LogP) is 5.89. The number of nitrogens with zero attached hydrogens (tertiary/aromatic N) is 3. The summed E-state index contributed by atoms with van der Waals surface area (Å²) in [6, 6.07) is 5.96. The average Bonchev–Trinajstić information content (AvgIpc) is 3.19. The quantitative estimate of drug-likeness (QED) is 0.278. The number of pyridine rings is 1. The Bertz CT molecular complexity index is 942. The monoisotopic (exact) mass is 473 g/mol. The highest BCUT2D eigenvalue weighted by Crippen LogP contribution is 2.30. The second-order valence-electron chi connectivity index (χ2n) is 9.72. The fraction of sp³-hybridized carbons (Fsp3) is 0.571. The molecule has 1 unspecified atom stereocenters. The van der Waals surface area contributed by atoms with Crippen LogP contribution in [0.5, 0.6) is 0 Å². The van der Waals surface area contributed by atoms with Crippen molar-refractivity contribution in [2.45, 2.75) is 96.4 Å². The number of Topliss-reactive ketones (excluding diaryl/α,β-unsaturated/α-hetero) is 1. The lowest BCUT2D eigenvalue weighted by Gasteiger charge is -2.19. The van der Waals surface area contributed by atoms with Gasteiger partial charge in [-0.05, 0) is 55.4 Å². The van der Waals surface area contributed by atoms with Gasteiger partial charge in [0.1, 0.15) is 25.3 Å². The third kappa shape index (κ3) is 8.79. The van der Waals surface area contributed by atoms with Gasteiger partial charge < -0.3 is 11.1 Å². The molecule has 1 aliphatic rings. The van der Waals surface area contributed by atoms with Crippen molar-refractivity contribution in [3.8, 4) is 0 Å². The normalized spacial score (nSPS) is 16.0. The zero-order chi connectivity index (χ0) is 24.9. The van der Waals surface area contributed by atoms with Gasteiger partial charge in [0.05, 0.1) is 0 Å². The molecule has 1 fully saturated rings. The first-order valence-corrected chi connectivity index (χ1v) is 13.3. The number of carbonyl (C=O) groups is 1. The molecular formula is C28H40BN5O. The zero-order valence-corrected chi connectivity index (χ0v) is 21.2. The molecular weight excluding hydrogens is 433 g/mol. The number of ketones is 1. The summed E-state index contributed by atoms with van der Waals surface area (Å²) in [5.41, 5.74) is 8.07. The minimum Gasteiger partial charge on any atom is -0.405 e. The van der Waals surface area contributed by atoms with E-state index in [0.29, 0.717) is 30.0 Å². The lowest BCUT2D eigenvalue weighted by Crippen LogP contribution is -2.14. The fourth-order valence-electron chi connectivity index (χ4n) is 4.88. The summed E-state index contributed by atoms with van der Waals surface area (Å²) in [4.78, 5) is 26.4. The number of rotatable bonds is 13. The van der Waals surface area contributed by atoms with Crippen LogP contribution in [-0.4, -0.2) is 28.6 Å². The summed E-state index contributed by atoms with van der Waals surface area (Å²) in [7, 11) is 6.10. The molecule has 2 aromatic rings. The lowest BCUT2D eigenvalue weighted by molar-refractivity contribution is -0.123. The maximum Gasteiger partial charge on any atom is 0.148 e. The van der Waals surface area contributed by atoms with Crippen LogP contribution >= 0.6 is 0 Å². The molecule has 0 saturated heterocycles. The van der Waals surface area contributed by atoms with E-state index in [0.717, 1.165) is 62.0 Å². The minimum absolute atomic E-state index is 0.253. The van der Waals surface area contributed by atoms with E-state index in [1.165, 1.54) is 31.9 Å². The SMILES string of the molecule is [B]C(=CN)c1nc(NCc2cccnc2)cc(C(CCCC)CCCC(=O)C2CCCCCC2)n1. The van der Waals surface area contributed by atoms with Gasteiger partial charge in [0.2, 0.25) is 0 Å². The molecule has 3 rings (SSSR count). The Labute approximate surface area is 212 Å². The summed E-state index contributed by atoms with van der Waals surface area (Å²) < 4.78 is 0. The van der Waals surface area contributed by atoms with Gasteiger partial charge in [0.15, 0.2) is 0 Å². The van der Waals surface area contributed by atoms with Crippen molar-refractivity contribution < 1.29 is 4.79 Å². The Kier molecular flexibility index (Phi) is 11.3. The van der Waals surface area contributed by atoms with E-state index >= 15 is 0 Å². The molecule has 35 heavy (non-hydrogen) atoms. The largest absolute Gasteiger partial charge is 0.405 e. The Morgan fingerprint density at radius 3 is 2.66 bits per heavy atom. The molecule has 186 valence electrons. The van der Waals surface area contributed by atoms with Crippen LogP contribution in [0.3, 0.4) is 0 Å². The molecule has 6 nitrogen and oxygen atoms in total. The number of nitrogens with one attached hydrogen (secondary N) is 1. The van der Waals surface area contributed by atoms with Crippen molar-refractivity contribution >= 4 is 24.9 Å². The highest BCUT2D eigenvalue weighted by Gasteiger charge is 2.21. The number of unbranched alkanes of at least 4 members (excludes halogenated alkanes) is 1. The van der Waals surface area contributed by atoms with Crippen LogP contribution in [0.15, 0.2) is 36.8 Å². The van der Waals surface area contributed by atoms with Crippen molar-refractivity contribution in [2.75, 3.05) is 5.32 Å². The first-order valence-electron chi connectivity index (χ1n) is 13.3. The van der Waals surface area contributed by atoms with Gasteiger partial charge in [-0.15, -0.1) is 0 Å². The maximum atomic E-state index is 12.9. The molecule has 2 radical (unpaired) electrons. The van der Waals surface area contributed by atoms with Gasteiger partial charge in [-0.3, -0.25) is 9.78 Å². The third-order valence-electron chi connectivity index (χ3n) is 6.99. The molecule has 1 aliphatic carbocycles. The molecule has 0 aromatic carbocycles. The molecule has 3 N–H and O–H groups in total. The number of hydrogen-bond acceptors (Lipinski definition) is 6. The van der Waals surface area contributed by atoms with E-state index in [9.17, 15) is 4.79 Å². The third-order valence-corrected chi connectivity index (χ3v) is 6.99. The van der Waals surface area contributed by atoms with Crippen LogP contribution in [-0.2, 0) is 11.3 Å². The van der Waals surface area contributed by atoms with Gasteiger partial charge in [0, 0.05) is 49.0 Å². The summed E-state index contributed by atoms with van der Waals surface area (Å²) in [5, 5.41) is 3.39. The molecule has 2 heterocycles. The Morgan fingerprint density at radius 2 is 1.97 bits per heavy atom. The van der Waals surface area contributed by atoms with Crippen molar-refractivity contribution in [3.63, 3.8) is 0 Å². The smallest absolute Gasteiger partial charge is 0.148 e. The standard InChI is InChI=1S/C28H40BN5O/c1-2-3-11-22(14-8-15-26(35)23-12-6-4-5-7-13-23)25-17-27(34-28(33-25)24(29)18-30)32-20-21-10-9-16-31-19-21/h9-10,16-19,22-23H,2-8,11-15,20,30H2,1H3,(H,32,33,34). The van der Waals surface area contributed by atoms with E-state index in [1.807, 2.05) is 24.4 Å². The molecule has 2 aromatic heterocycles. The number of aromatic nitrogens is 3. The first kappa shape index (κ1) is 26.9. The van der Waals surface area contributed by atoms with Crippen LogP contribution in [0.25, 0.3) is 5.47 Å². The molecule has 0 amide bonds. The molecule has 1 saturated carbocycles. The molecule has 0 aliphatic heterocycles. The van der Waals surface area contributed by atoms with Gasteiger partial charge >= 0.3 is 0 Å². The van der Waals surface area contributed by atoms with Gasteiger partial charge in [0.25, 0.3) is 0 Å². The summed E-state index contributed by atoms with van der Waals surface area (Å²) >= 11 is 0. The van der Waals surface area contributed by atoms with Crippen LogP contribution in [0, 0.1) is 5.92 Å². The molecule has 1 atom stereocenters. The Morgan fingerprint density at radius 1 is 1.20 bits per heavy atom. The number of nitrogens with two attached hydrogens (primary N) is 1. The van der Waals surface area contributed by atoms with Gasteiger partial charge in [-0.1, -0.05) is 51.5 Å². The van der Waals surface area contributed by atoms with Gasteiger partial charge in [-0.2, -0.15) is 0 Å². The minimum atomic E-state index is 0.253. The van der Waals surface area contributed by atoms with Crippen molar-refractivity contribution in [1.82, 2.24) is 15.0 Å². The zero-order valence-electron chi connectivity index (χ0n) is 21.2. The number of carbonyl (C=O) groups excluding carboxylic acids is 1.